The van der Waals surface area contributed by atoms with E-state index in [0.717, 1.165) is 12.8 Å². The summed E-state index contributed by atoms with van der Waals surface area (Å²) < 4.78 is 28.1. The number of anilines is 1. The van der Waals surface area contributed by atoms with Crippen molar-refractivity contribution in [3.8, 4) is 5.69 Å². The van der Waals surface area contributed by atoms with Crippen molar-refractivity contribution < 1.29 is 8.42 Å². The van der Waals surface area contributed by atoms with Crippen molar-refractivity contribution in [2.75, 3.05) is 10.5 Å². The molecule has 1 fully saturated rings. The Bertz CT molecular complexity index is 728. The van der Waals surface area contributed by atoms with Gasteiger partial charge in [-0.15, -0.1) is 5.10 Å². The molecule has 1 aliphatic carbocycles. The van der Waals surface area contributed by atoms with Crippen LogP contribution in [0.2, 0.25) is 5.02 Å². The van der Waals surface area contributed by atoms with Crippen molar-refractivity contribution in [1.29, 1.82) is 0 Å². The van der Waals surface area contributed by atoms with Crippen LogP contribution >= 0.6 is 11.6 Å². The number of halogens is 1. The summed E-state index contributed by atoms with van der Waals surface area (Å²) in [7, 11) is -3.39. The molecule has 0 amide bonds. The van der Waals surface area contributed by atoms with Crippen LogP contribution in [-0.4, -0.2) is 34.4 Å². The van der Waals surface area contributed by atoms with Gasteiger partial charge in [0.1, 0.15) is 6.33 Å². The number of hydrogen-bond acceptors (Lipinski definition) is 5. The number of sulfonamides is 1. The minimum absolute atomic E-state index is 0.114. The molecule has 0 saturated heterocycles. The molecular formula is C12H14ClN5O2S. The van der Waals surface area contributed by atoms with Gasteiger partial charge in [0.05, 0.1) is 22.2 Å². The van der Waals surface area contributed by atoms with E-state index in [1.54, 1.807) is 18.2 Å². The highest BCUT2D eigenvalue weighted by Crippen LogP contribution is 2.33. The van der Waals surface area contributed by atoms with Gasteiger partial charge in [-0.2, -0.15) is 0 Å². The number of hydrogen-bond donors (Lipinski definition) is 1. The van der Waals surface area contributed by atoms with Gasteiger partial charge >= 0.3 is 0 Å². The Balaban J connectivity index is 1.79. The fraction of sp³-hybridized carbons (Fsp3) is 0.417. The minimum Gasteiger partial charge on any atom is -0.282 e. The molecule has 2 aromatic rings. The third-order valence-electron chi connectivity index (χ3n) is 3.32. The van der Waals surface area contributed by atoms with Gasteiger partial charge in [0.25, 0.3) is 0 Å². The molecule has 0 aliphatic heterocycles. The standard InChI is InChI=1S/C12H14ClN5O2S/c13-11-4-3-10(18-8-14-16-17-18)7-12(11)15-21(19,20)6-5-9-1-2-9/h3-4,7-9,15H,1-2,5-6H2. The second-order valence-electron chi connectivity index (χ2n) is 5.07. The number of rotatable bonds is 6. The van der Waals surface area contributed by atoms with Crippen molar-refractivity contribution >= 4 is 27.3 Å². The average molecular weight is 328 g/mol. The van der Waals surface area contributed by atoms with Crippen LogP contribution in [0.3, 0.4) is 0 Å². The van der Waals surface area contributed by atoms with Crippen LogP contribution in [0, 0.1) is 5.92 Å². The first-order valence-electron chi connectivity index (χ1n) is 6.57. The predicted molar refractivity (Wildman–Crippen MR) is 78.9 cm³/mol. The summed E-state index contributed by atoms with van der Waals surface area (Å²) in [5, 5.41) is 11.2. The summed E-state index contributed by atoms with van der Waals surface area (Å²) >= 11 is 6.05. The van der Waals surface area contributed by atoms with E-state index in [9.17, 15) is 8.42 Å². The van der Waals surface area contributed by atoms with E-state index in [0.29, 0.717) is 28.7 Å². The monoisotopic (exact) mass is 327 g/mol. The topological polar surface area (TPSA) is 89.8 Å². The zero-order valence-corrected chi connectivity index (χ0v) is 12.7. The molecule has 0 unspecified atom stereocenters. The summed E-state index contributed by atoms with van der Waals surface area (Å²) in [6, 6.07) is 4.92. The molecule has 0 bridgehead atoms. The van der Waals surface area contributed by atoms with Gasteiger partial charge in [0.2, 0.25) is 10.0 Å². The molecule has 7 nitrogen and oxygen atoms in total. The molecule has 0 radical (unpaired) electrons. The van der Waals surface area contributed by atoms with Gasteiger partial charge in [-0.05, 0) is 41.0 Å². The fourth-order valence-electron chi connectivity index (χ4n) is 1.96. The minimum atomic E-state index is -3.39. The molecule has 1 saturated carbocycles. The third-order valence-corrected chi connectivity index (χ3v) is 4.95. The molecule has 1 heterocycles. The molecule has 1 N–H and O–H groups in total. The summed E-state index contributed by atoms with van der Waals surface area (Å²) in [4.78, 5) is 0. The highest BCUT2D eigenvalue weighted by Gasteiger charge is 2.24. The second-order valence-corrected chi connectivity index (χ2v) is 7.32. The third kappa shape index (κ3) is 3.70. The van der Waals surface area contributed by atoms with Crippen molar-refractivity contribution in [1.82, 2.24) is 20.2 Å². The SMILES string of the molecule is O=S(=O)(CCC1CC1)Nc1cc(-n2cnnn2)ccc1Cl. The lowest BCUT2D eigenvalue weighted by Crippen LogP contribution is -2.17. The van der Waals surface area contributed by atoms with Crippen LogP contribution in [0.25, 0.3) is 5.69 Å². The Morgan fingerprint density at radius 3 is 2.86 bits per heavy atom. The Morgan fingerprint density at radius 2 is 2.19 bits per heavy atom. The molecule has 0 atom stereocenters. The normalized spacial score (nSPS) is 15.1. The van der Waals surface area contributed by atoms with Crippen molar-refractivity contribution in [3.63, 3.8) is 0 Å². The number of benzene rings is 1. The van der Waals surface area contributed by atoms with E-state index < -0.39 is 10.0 Å². The van der Waals surface area contributed by atoms with Crippen LogP contribution < -0.4 is 4.72 Å². The van der Waals surface area contributed by atoms with E-state index in [-0.39, 0.29) is 5.75 Å². The van der Waals surface area contributed by atoms with E-state index in [2.05, 4.69) is 20.2 Å². The highest BCUT2D eigenvalue weighted by molar-refractivity contribution is 7.92. The Kier molecular flexibility index (Phi) is 3.81. The molecule has 21 heavy (non-hydrogen) atoms. The maximum atomic E-state index is 12.1. The van der Waals surface area contributed by atoms with Gasteiger partial charge in [-0.3, -0.25) is 4.72 Å². The first kappa shape index (κ1) is 14.3. The Hall–Kier alpha value is -1.67. The van der Waals surface area contributed by atoms with Crippen molar-refractivity contribution in [3.05, 3.63) is 29.5 Å². The largest absolute Gasteiger partial charge is 0.282 e. The summed E-state index contributed by atoms with van der Waals surface area (Å²) in [6.45, 7) is 0. The number of nitrogens with zero attached hydrogens (tertiary/aromatic N) is 4. The van der Waals surface area contributed by atoms with Gasteiger partial charge < -0.3 is 0 Å². The van der Waals surface area contributed by atoms with Gasteiger partial charge in [0.15, 0.2) is 0 Å². The zero-order valence-electron chi connectivity index (χ0n) is 11.1. The molecule has 9 heteroatoms. The number of aromatic nitrogens is 4. The van der Waals surface area contributed by atoms with E-state index in [1.165, 1.54) is 11.0 Å². The van der Waals surface area contributed by atoms with Crippen molar-refractivity contribution in [2.45, 2.75) is 19.3 Å². The molecular weight excluding hydrogens is 314 g/mol. The highest BCUT2D eigenvalue weighted by atomic mass is 35.5. The van der Waals surface area contributed by atoms with Gasteiger partial charge in [0, 0.05) is 0 Å². The van der Waals surface area contributed by atoms with Crippen LogP contribution in [0.5, 0.6) is 0 Å². The lowest BCUT2D eigenvalue weighted by Gasteiger charge is -2.11. The smallest absolute Gasteiger partial charge is 0.232 e. The maximum absolute atomic E-state index is 12.1. The molecule has 3 rings (SSSR count). The molecule has 1 aromatic heterocycles. The molecule has 0 spiro atoms. The lowest BCUT2D eigenvalue weighted by molar-refractivity contribution is 0.595. The number of tetrazole rings is 1. The van der Waals surface area contributed by atoms with Gasteiger partial charge in [-0.1, -0.05) is 24.4 Å². The maximum Gasteiger partial charge on any atom is 0.232 e. The second kappa shape index (κ2) is 5.61. The predicted octanol–water partition coefficient (Wildman–Crippen LogP) is 1.86. The summed E-state index contributed by atoms with van der Waals surface area (Å²) in [5.74, 6) is 0.674. The van der Waals surface area contributed by atoms with E-state index in [1.807, 2.05) is 0 Å². The zero-order chi connectivity index (χ0) is 14.9. The van der Waals surface area contributed by atoms with E-state index in [4.69, 9.17) is 11.6 Å². The van der Waals surface area contributed by atoms with E-state index >= 15 is 0 Å². The molecule has 1 aliphatic rings. The quantitative estimate of drug-likeness (QED) is 0.874. The fourth-order valence-corrected chi connectivity index (χ4v) is 3.43. The van der Waals surface area contributed by atoms with Crippen LogP contribution in [-0.2, 0) is 10.0 Å². The Morgan fingerprint density at radius 1 is 1.38 bits per heavy atom. The summed E-state index contributed by atoms with van der Waals surface area (Å²) in [5.41, 5.74) is 0.963. The Labute approximate surface area is 127 Å². The van der Waals surface area contributed by atoms with Crippen LogP contribution in [0.4, 0.5) is 5.69 Å². The molecule has 112 valence electrons. The van der Waals surface area contributed by atoms with Gasteiger partial charge in [-0.25, -0.2) is 13.1 Å². The first-order valence-corrected chi connectivity index (χ1v) is 8.60. The average Bonchev–Trinajstić information content (AvgIpc) is 3.12. The lowest BCUT2D eigenvalue weighted by atomic mass is 10.3. The molecule has 1 aromatic carbocycles. The van der Waals surface area contributed by atoms with Crippen molar-refractivity contribution in [2.24, 2.45) is 5.92 Å². The first-order chi connectivity index (χ1) is 10.0. The van der Waals surface area contributed by atoms with Crippen LogP contribution in [0.15, 0.2) is 24.5 Å². The van der Waals surface area contributed by atoms with Crippen LogP contribution in [0.1, 0.15) is 19.3 Å². The summed E-state index contributed by atoms with van der Waals surface area (Å²) in [6.07, 6.45) is 4.38. The number of nitrogens with one attached hydrogen (secondary N) is 1.